The van der Waals surface area contributed by atoms with Gasteiger partial charge in [0.2, 0.25) is 0 Å². The van der Waals surface area contributed by atoms with E-state index in [0.29, 0.717) is 0 Å². The molecule has 47 heavy (non-hydrogen) atoms. The van der Waals surface area contributed by atoms with Crippen molar-refractivity contribution in [2.45, 2.75) is 0 Å². The Kier molecular flexibility index (Phi) is 5.81. The van der Waals surface area contributed by atoms with Crippen LogP contribution in [0.3, 0.4) is 0 Å². The fourth-order valence-corrected chi connectivity index (χ4v) is 8.53. The Morgan fingerprint density at radius 3 is 1.57 bits per heavy atom. The third-order valence-electron chi connectivity index (χ3n) is 9.76. The first-order valence-electron chi connectivity index (χ1n) is 16.0. The lowest BCUT2D eigenvalue weighted by molar-refractivity contribution is 1.33. The van der Waals surface area contributed by atoms with Gasteiger partial charge in [0.05, 0.1) is 0 Å². The highest BCUT2D eigenvalue weighted by Crippen LogP contribution is 2.44. The molecule has 0 aliphatic heterocycles. The van der Waals surface area contributed by atoms with Gasteiger partial charge in [-0.1, -0.05) is 115 Å². The highest BCUT2D eigenvalue weighted by molar-refractivity contribution is 7.25. The molecule has 2 heteroatoms. The van der Waals surface area contributed by atoms with E-state index < -0.39 is 0 Å². The molecule has 0 radical (unpaired) electrons. The van der Waals surface area contributed by atoms with Crippen molar-refractivity contribution in [3.8, 4) is 44.5 Å². The van der Waals surface area contributed by atoms with Crippen LogP contribution < -0.4 is 0 Å². The van der Waals surface area contributed by atoms with Crippen molar-refractivity contribution in [2.24, 2.45) is 0 Å². The maximum absolute atomic E-state index is 4.19. The van der Waals surface area contributed by atoms with Gasteiger partial charge in [0.15, 0.2) is 0 Å². The first-order valence-corrected chi connectivity index (χ1v) is 16.8. The fourth-order valence-electron chi connectivity index (χ4n) is 7.44. The van der Waals surface area contributed by atoms with Crippen LogP contribution >= 0.6 is 11.3 Å². The number of fused-ring (bicyclic) bond motifs is 3. The second kappa shape index (κ2) is 10.3. The molecule has 0 fully saturated rings. The van der Waals surface area contributed by atoms with Gasteiger partial charge >= 0.3 is 0 Å². The monoisotopic (exact) mass is 613 g/mol. The molecule has 1 nitrogen and oxygen atoms in total. The van der Waals surface area contributed by atoms with Gasteiger partial charge in [-0.05, 0) is 113 Å². The summed E-state index contributed by atoms with van der Waals surface area (Å²) >= 11 is 1.87. The zero-order chi connectivity index (χ0) is 30.9. The molecule has 0 unspecified atom stereocenters. The number of nitrogens with zero attached hydrogens (tertiary/aromatic N) is 1. The average Bonchev–Trinajstić information content (AvgIpc) is 3.52. The summed E-state index contributed by atoms with van der Waals surface area (Å²) < 4.78 is 2.67. The van der Waals surface area contributed by atoms with Gasteiger partial charge in [0.1, 0.15) is 0 Å². The summed E-state index contributed by atoms with van der Waals surface area (Å²) in [6.45, 7) is 0. The van der Waals surface area contributed by atoms with E-state index in [-0.39, 0.29) is 0 Å². The summed E-state index contributed by atoms with van der Waals surface area (Å²) in [5, 5.41) is 10.5. The number of rotatable bonds is 4. The molecule has 0 saturated heterocycles. The predicted octanol–water partition coefficient (Wildman–Crippen LogP) is 13.0. The lowest BCUT2D eigenvalue weighted by atomic mass is 9.85. The summed E-state index contributed by atoms with van der Waals surface area (Å²) in [6, 6.07) is 56.1. The maximum Gasteiger partial charge on any atom is 0.0355 e. The number of hydrogen-bond acceptors (Lipinski definition) is 2. The fraction of sp³-hybridized carbons (Fsp3) is 0. The molecule has 0 atom stereocenters. The van der Waals surface area contributed by atoms with Crippen LogP contribution in [0.25, 0.3) is 97.0 Å². The van der Waals surface area contributed by atoms with Crippen molar-refractivity contribution < 1.29 is 0 Å². The van der Waals surface area contributed by atoms with Crippen LogP contribution in [0, 0.1) is 0 Å². The molecule has 0 aliphatic carbocycles. The third-order valence-corrected chi connectivity index (χ3v) is 10.9. The van der Waals surface area contributed by atoms with E-state index in [2.05, 4.69) is 157 Å². The molecule has 10 aromatic rings. The Labute approximate surface area is 276 Å². The molecule has 218 valence electrons. The van der Waals surface area contributed by atoms with E-state index in [0.717, 1.165) is 0 Å². The minimum absolute atomic E-state index is 1.18. The molecule has 8 aromatic carbocycles. The van der Waals surface area contributed by atoms with Crippen LogP contribution in [-0.2, 0) is 0 Å². The van der Waals surface area contributed by atoms with E-state index in [1.165, 1.54) is 97.0 Å². The zero-order valence-electron chi connectivity index (χ0n) is 25.4. The van der Waals surface area contributed by atoms with Crippen molar-refractivity contribution in [1.29, 1.82) is 0 Å². The van der Waals surface area contributed by atoms with Gasteiger partial charge in [-0.3, -0.25) is 4.98 Å². The molecule has 10 rings (SSSR count). The SMILES string of the molecule is c1cc2ccc3c(-c4ccc(-c5ccncc5)cc4)cc(-c4ccc(-c5ccc6sc7ccccc7c6c5)cc4)c4ccc(c1)c2c34. The summed E-state index contributed by atoms with van der Waals surface area (Å²) in [5.41, 5.74) is 9.81. The normalized spacial score (nSPS) is 11.8. The van der Waals surface area contributed by atoms with E-state index in [9.17, 15) is 0 Å². The van der Waals surface area contributed by atoms with Crippen LogP contribution in [0.5, 0.6) is 0 Å². The number of pyridine rings is 1. The molecule has 0 spiro atoms. The smallest absolute Gasteiger partial charge is 0.0355 e. The Morgan fingerprint density at radius 1 is 0.340 bits per heavy atom. The Balaban J connectivity index is 1.14. The van der Waals surface area contributed by atoms with Crippen molar-refractivity contribution in [1.82, 2.24) is 4.98 Å². The predicted molar refractivity (Wildman–Crippen MR) is 203 cm³/mol. The summed E-state index contributed by atoms with van der Waals surface area (Å²) in [6.07, 6.45) is 3.70. The molecule has 0 N–H and O–H groups in total. The summed E-state index contributed by atoms with van der Waals surface area (Å²) in [5.74, 6) is 0. The van der Waals surface area contributed by atoms with Gasteiger partial charge in [-0.2, -0.15) is 0 Å². The van der Waals surface area contributed by atoms with Crippen molar-refractivity contribution in [3.05, 3.63) is 164 Å². The quantitative estimate of drug-likeness (QED) is 0.180. The largest absolute Gasteiger partial charge is 0.265 e. The first kappa shape index (κ1) is 26.4. The summed E-state index contributed by atoms with van der Waals surface area (Å²) in [7, 11) is 0. The molecular weight excluding hydrogens is 587 g/mol. The van der Waals surface area contributed by atoms with Crippen molar-refractivity contribution in [2.75, 3.05) is 0 Å². The van der Waals surface area contributed by atoms with E-state index in [1.807, 2.05) is 23.7 Å². The second-order valence-corrected chi connectivity index (χ2v) is 13.4. The minimum Gasteiger partial charge on any atom is -0.265 e. The van der Waals surface area contributed by atoms with Crippen LogP contribution in [0.2, 0.25) is 0 Å². The average molecular weight is 614 g/mol. The topological polar surface area (TPSA) is 12.9 Å². The lowest BCUT2D eigenvalue weighted by Crippen LogP contribution is -1.91. The molecule has 0 bridgehead atoms. The minimum atomic E-state index is 1.18. The lowest BCUT2D eigenvalue weighted by Gasteiger charge is -2.18. The molecule has 2 heterocycles. The molecule has 2 aromatic heterocycles. The van der Waals surface area contributed by atoms with E-state index >= 15 is 0 Å². The van der Waals surface area contributed by atoms with Gasteiger partial charge in [0.25, 0.3) is 0 Å². The first-order chi connectivity index (χ1) is 23.3. The maximum atomic E-state index is 4.19. The molecule has 0 amide bonds. The highest BCUT2D eigenvalue weighted by Gasteiger charge is 2.17. The van der Waals surface area contributed by atoms with Gasteiger partial charge < -0.3 is 0 Å². The Hall–Kier alpha value is -5.83. The van der Waals surface area contributed by atoms with Crippen molar-refractivity contribution >= 4 is 63.8 Å². The number of aromatic nitrogens is 1. The third kappa shape index (κ3) is 4.19. The molecule has 0 aliphatic rings. The Bertz CT molecular complexity index is 2740. The number of hydrogen-bond donors (Lipinski definition) is 0. The number of benzene rings is 8. The van der Waals surface area contributed by atoms with E-state index in [4.69, 9.17) is 0 Å². The van der Waals surface area contributed by atoms with Crippen molar-refractivity contribution in [3.63, 3.8) is 0 Å². The van der Waals surface area contributed by atoms with Crippen LogP contribution in [0.4, 0.5) is 0 Å². The van der Waals surface area contributed by atoms with Gasteiger partial charge in [-0.15, -0.1) is 11.3 Å². The van der Waals surface area contributed by atoms with Crippen LogP contribution in [0.1, 0.15) is 0 Å². The van der Waals surface area contributed by atoms with Crippen LogP contribution in [0.15, 0.2) is 164 Å². The number of thiophene rings is 1. The van der Waals surface area contributed by atoms with E-state index in [1.54, 1.807) is 0 Å². The zero-order valence-corrected chi connectivity index (χ0v) is 26.3. The van der Waals surface area contributed by atoms with Gasteiger partial charge in [-0.25, -0.2) is 0 Å². The van der Waals surface area contributed by atoms with Gasteiger partial charge in [0, 0.05) is 32.6 Å². The Morgan fingerprint density at radius 2 is 0.894 bits per heavy atom. The second-order valence-electron chi connectivity index (χ2n) is 12.4. The molecular formula is C45H27NS. The van der Waals surface area contributed by atoms with Crippen LogP contribution in [-0.4, -0.2) is 4.98 Å². The summed E-state index contributed by atoms with van der Waals surface area (Å²) in [4.78, 5) is 4.19. The highest BCUT2D eigenvalue weighted by atomic mass is 32.1. The standard InChI is InChI=1S/C45H27NS/c1-2-7-42-36(6-1)41-26-35(18-21-43(41)47-42)29-10-14-32(15-11-29)40-27-39(31-12-8-28(9-13-31)30-22-24-46-25-23-30)37-19-16-33-4-3-5-34-17-20-38(40)45(37)44(33)34/h1-27H. The molecule has 0 saturated carbocycles.